The van der Waals surface area contributed by atoms with Gasteiger partial charge in [0.25, 0.3) is 11.6 Å². The van der Waals surface area contributed by atoms with Gasteiger partial charge in [0, 0.05) is 37.3 Å². The van der Waals surface area contributed by atoms with Gasteiger partial charge in [-0.05, 0) is 43.7 Å². The molecule has 2 rings (SSSR count). The molecule has 0 aromatic heterocycles. The summed E-state index contributed by atoms with van der Waals surface area (Å²) in [5.74, 6) is 0.678. The molecule has 8 nitrogen and oxygen atoms in total. The van der Waals surface area contributed by atoms with Gasteiger partial charge in [-0.3, -0.25) is 14.9 Å². The maximum absolute atomic E-state index is 12.7. The standard InChI is InChI=1S/C18H28N3O3.CH2O2/c1-14-13-16(20(23)24)5-6-17(14)18(22)19-10-7-15(8-11-19)9-12-21(2,3)4;2-1-3/h5-6,13,15H,7-12H2,1-4H3;1H,(H,2,3)/q+1;/p-1. The van der Waals surface area contributed by atoms with Crippen LogP contribution in [0.25, 0.3) is 0 Å². The van der Waals surface area contributed by atoms with Crippen molar-refractivity contribution in [2.45, 2.75) is 26.2 Å². The lowest BCUT2D eigenvalue weighted by atomic mass is 9.92. The molecule has 0 N–H and O–H groups in total. The fourth-order valence-corrected chi connectivity index (χ4v) is 3.17. The zero-order chi connectivity index (χ0) is 20.6. The third kappa shape index (κ3) is 7.34. The van der Waals surface area contributed by atoms with Crippen molar-refractivity contribution in [3.05, 3.63) is 39.4 Å². The normalized spacial score (nSPS) is 14.9. The van der Waals surface area contributed by atoms with E-state index in [1.165, 1.54) is 18.6 Å². The summed E-state index contributed by atoms with van der Waals surface area (Å²) in [6.07, 6.45) is 3.28. The number of carbonyl (C=O) groups is 2. The molecule has 0 saturated carbocycles. The van der Waals surface area contributed by atoms with Gasteiger partial charge in [-0.1, -0.05) is 0 Å². The van der Waals surface area contributed by atoms with Crippen LogP contribution < -0.4 is 5.11 Å². The van der Waals surface area contributed by atoms with E-state index in [1.807, 2.05) is 4.90 Å². The van der Waals surface area contributed by atoms with Crippen molar-refractivity contribution in [2.24, 2.45) is 5.92 Å². The highest BCUT2D eigenvalue weighted by atomic mass is 16.6. The summed E-state index contributed by atoms with van der Waals surface area (Å²) in [6.45, 7) is 3.96. The molecule has 8 heteroatoms. The van der Waals surface area contributed by atoms with Gasteiger partial charge in [-0.15, -0.1) is 0 Å². The number of piperidine rings is 1. The average molecular weight is 379 g/mol. The molecule has 27 heavy (non-hydrogen) atoms. The second-order valence-electron chi connectivity index (χ2n) is 7.89. The molecule has 1 aliphatic rings. The first kappa shape index (κ1) is 22.6. The predicted molar refractivity (Wildman–Crippen MR) is 100 cm³/mol. The number of nitro benzene ring substituents is 1. The first-order valence-electron chi connectivity index (χ1n) is 8.99. The molecule has 0 radical (unpaired) electrons. The van der Waals surface area contributed by atoms with Crippen LogP contribution in [-0.2, 0) is 4.79 Å². The van der Waals surface area contributed by atoms with E-state index in [0.717, 1.165) is 37.0 Å². The van der Waals surface area contributed by atoms with Crippen LogP contribution in [0.1, 0.15) is 35.2 Å². The summed E-state index contributed by atoms with van der Waals surface area (Å²) in [7, 11) is 6.61. The lowest BCUT2D eigenvalue weighted by Gasteiger charge is -2.34. The van der Waals surface area contributed by atoms with Crippen LogP contribution in [-0.4, -0.2) is 67.5 Å². The molecule has 1 heterocycles. The number of benzene rings is 1. The van der Waals surface area contributed by atoms with E-state index < -0.39 is 11.4 Å². The van der Waals surface area contributed by atoms with Crippen LogP contribution in [0.15, 0.2) is 18.2 Å². The summed E-state index contributed by atoms with van der Waals surface area (Å²) in [5, 5.41) is 19.1. The number of likely N-dealkylation sites (tertiary alicyclic amines) is 1. The summed E-state index contributed by atoms with van der Waals surface area (Å²) in [6, 6.07) is 4.47. The number of rotatable bonds is 5. The van der Waals surface area contributed by atoms with E-state index in [0.29, 0.717) is 17.0 Å². The number of carboxylic acid groups (broad SMARTS) is 1. The minimum Gasteiger partial charge on any atom is -0.554 e. The molecule has 1 aromatic rings. The van der Waals surface area contributed by atoms with Gasteiger partial charge in [0.05, 0.1) is 32.6 Å². The number of non-ortho nitro benzene ring substituents is 1. The van der Waals surface area contributed by atoms with E-state index in [9.17, 15) is 14.9 Å². The van der Waals surface area contributed by atoms with Gasteiger partial charge in [0.15, 0.2) is 0 Å². The van der Waals surface area contributed by atoms with Gasteiger partial charge >= 0.3 is 0 Å². The molecule has 1 aliphatic heterocycles. The van der Waals surface area contributed by atoms with Crippen molar-refractivity contribution in [2.75, 3.05) is 40.8 Å². The third-order valence-electron chi connectivity index (χ3n) is 4.76. The molecule has 150 valence electrons. The van der Waals surface area contributed by atoms with Crippen molar-refractivity contribution in [1.82, 2.24) is 4.90 Å². The van der Waals surface area contributed by atoms with Gasteiger partial charge < -0.3 is 19.3 Å². The smallest absolute Gasteiger partial charge is 0.269 e. The SMILES string of the molecule is Cc1cc([N+](=O)[O-])ccc1C(=O)N1CCC(CC[N+](C)(C)C)CC1.O=C[O-]. The Morgan fingerprint density at radius 2 is 1.85 bits per heavy atom. The van der Waals surface area contributed by atoms with Crippen LogP contribution in [0.4, 0.5) is 5.69 Å². The Balaban J connectivity index is 0.00000114. The largest absolute Gasteiger partial charge is 0.554 e. The van der Waals surface area contributed by atoms with E-state index in [1.54, 1.807) is 13.0 Å². The number of carbonyl (C=O) groups excluding carboxylic acids is 2. The fourth-order valence-electron chi connectivity index (χ4n) is 3.17. The lowest BCUT2D eigenvalue weighted by Crippen LogP contribution is -2.41. The quantitative estimate of drug-likeness (QED) is 0.331. The van der Waals surface area contributed by atoms with Crippen molar-refractivity contribution in [3.8, 4) is 0 Å². The summed E-state index contributed by atoms with van der Waals surface area (Å²) >= 11 is 0. The maximum atomic E-state index is 12.7. The molecule has 1 aromatic carbocycles. The zero-order valence-corrected chi connectivity index (χ0v) is 16.5. The predicted octanol–water partition coefficient (Wildman–Crippen LogP) is 1.22. The number of quaternary nitrogens is 1. The Labute approximate surface area is 160 Å². The third-order valence-corrected chi connectivity index (χ3v) is 4.76. The minimum absolute atomic E-state index is 0.00699. The molecule has 0 bridgehead atoms. The fraction of sp³-hybridized carbons (Fsp3) is 0.579. The van der Waals surface area contributed by atoms with E-state index in [4.69, 9.17) is 9.90 Å². The molecule has 0 aliphatic carbocycles. The molecule has 1 amide bonds. The van der Waals surface area contributed by atoms with Crippen molar-refractivity contribution >= 4 is 18.1 Å². The van der Waals surface area contributed by atoms with E-state index in [2.05, 4.69) is 21.1 Å². The van der Waals surface area contributed by atoms with Crippen LogP contribution in [0, 0.1) is 23.0 Å². The molecule has 0 spiro atoms. The molecule has 1 saturated heterocycles. The maximum Gasteiger partial charge on any atom is 0.269 e. The summed E-state index contributed by atoms with van der Waals surface area (Å²) in [4.78, 5) is 33.2. The minimum atomic E-state index is -0.500. The van der Waals surface area contributed by atoms with Crippen LogP contribution >= 0.6 is 0 Å². The Kier molecular flexibility index (Phi) is 8.36. The Hall–Kier alpha value is -2.48. The first-order valence-corrected chi connectivity index (χ1v) is 8.99. The summed E-state index contributed by atoms with van der Waals surface area (Å²) in [5.41, 5.74) is 1.27. The van der Waals surface area contributed by atoms with Crippen molar-refractivity contribution in [3.63, 3.8) is 0 Å². The molecular formula is C19H29N3O5. The van der Waals surface area contributed by atoms with Gasteiger partial charge in [0.1, 0.15) is 0 Å². The molecule has 0 unspecified atom stereocenters. The van der Waals surface area contributed by atoms with Crippen LogP contribution in [0.2, 0.25) is 0 Å². The highest BCUT2D eigenvalue weighted by molar-refractivity contribution is 5.96. The van der Waals surface area contributed by atoms with E-state index >= 15 is 0 Å². The van der Waals surface area contributed by atoms with Crippen LogP contribution in [0.3, 0.4) is 0 Å². The van der Waals surface area contributed by atoms with Gasteiger partial charge in [0.2, 0.25) is 0 Å². The number of nitrogens with zero attached hydrogens (tertiary/aromatic N) is 3. The first-order chi connectivity index (χ1) is 12.6. The van der Waals surface area contributed by atoms with Gasteiger partial charge in [-0.2, -0.15) is 0 Å². The van der Waals surface area contributed by atoms with Gasteiger partial charge in [-0.25, -0.2) is 0 Å². The van der Waals surface area contributed by atoms with Crippen molar-refractivity contribution < 1.29 is 24.1 Å². The Morgan fingerprint density at radius 1 is 1.30 bits per heavy atom. The van der Waals surface area contributed by atoms with Crippen LogP contribution in [0.5, 0.6) is 0 Å². The lowest BCUT2D eigenvalue weighted by molar-refractivity contribution is -0.871. The number of hydrogen-bond donors (Lipinski definition) is 0. The Morgan fingerprint density at radius 3 is 2.30 bits per heavy atom. The number of hydrogen-bond acceptors (Lipinski definition) is 5. The number of amides is 1. The Bertz CT molecular complexity index is 662. The highest BCUT2D eigenvalue weighted by Gasteiger charge is 2.26. The number of aryl methyl sites for hydroxylation is 1. The molecular weight excluding hydrogens is 350 g/mol. The second kappa shape index (κ2) is 10.0. The zero-order valence-electron chi connectivity index (χ0n) is 16.5. The topological polar surface area (TPSA) is 104 Å². The second-order valence-corrected chi connectivity index (χ2v) is 7.89. The molecule has 0 atom stereocenters. The van der Waals surface area contributed by atoms with Crippen molar-refractivity contribution in [1.29, 1.82) is 0 Å². The van der Waals surface area contributed by atoms with E-state index in [-0.39, 0.29) is 11.6 Å². The highest BCUT2D eigenvalue weighted by Crippen LogP contribution is 2.24. The average Bonchev–Trinajstić information content (AvgIpc) is 2.60. The summed E-state index contributed by atoms with van der Waals surface area (Å²) < 4.78 is 0.973. The monoisotopic (exact) mass is 379 g/mol. The molecule has 1 fully saturated rings. The number of nitro groups is 1.